The Balaban J connectivity index is 2.05. The lowest BCUT2D eigenvalue weighted by Gasteiger charge is -2.22. The molecule has 0 saturated heterocycles. The molecule has 0 spiro atoms. The fourth-order valence-electron chi connectivity index (χ4n) is 1.93. The Morgan fingerprint density at radius 2 is 2.00 bits per heavy atom. The van der Waals surface area contributed by atoms with Crippen LogP contribution >= 0.6 is 0 Å². The normalized spacial score (nSPS) is 16.3. The first-order valence-corrected chi connectivity index (χ1v) is 6.68. The van der Waals surface area contributed by atoms with Gasteiger partial charge in [0, 0.05) is 24.7 Å². The molecule has 1 saturated carbocycles. The minimum absolute atomic E-state index is 0.0759. The molecule has 0 unspecified atom stereocenters. The summed E-state index contributed by atoms with van der Waals surface area (Å²) in [6.45, 7) is 11.7. The van der Waals surface area contributed by atoms with E-state index >= 15 is 0 Å². The Labute approximate surface area is 105 Å². The fraction of sp³-hybridized carbons (Fsp3) is 0.923. The molecule has 0 aliphatic heterocycles. The maximum atomic E-state index is 11.5. The maximum Gasteiger partial charge on any atom is 0.234 e. The van der Waals surface area contributed by atoms with Crippen molar-refractivity contribution in [2.45, 2.75) is 52.1 Å². The summed E-state index contributed by atoms with van der Waals surface area (Å²) in [5, 5.41) is 6.14. The van der Waals surface area contributed by atoms with Crippen LogP contribution in [0.4, 0.5) is 0 Å². The summed E-state index contributed by atoms with van der Waals surface area (Å²) >= 11 is 0. The van der Waals surface area contributed by atoms with E-state index < -0.39 is 0 Å². The van der Waals surface area contributed by atoms with Crippen molar-refractivity contribution in [3.05, 3.63) is 0 Å². The van der Waals surface area contributed by atoms with Gasteiger partial charge in [0.05, 0.1) is 6.54 Å². The molecule has 1 rings (SSSR count). The van der Waals surface area contributed by atoms with Gasteiger partial charge < -0.3 is 10.6 Å². The van der Waals surface area contributed by atoms with E-state index in [1.165, 1.54) is 12.8 Å². The van der Waals surface area contributed by atoms with Gasteiger partial charge >= 0.3 is 0 Å². The number of hydrogen-bond donors (Lipinski definition) is 2. The van der Waals surface area contributed by atoms with Gasteiger partial charge in [0.15, 0.2) is 0 Å². The number of nitrogens with one attached hydrogen (secondary N) is 2. The van der Waals surface area contributed by atoms with Gasteiger partial charge in [-0.15, -0.1) is 0 Å². The molecule has 0 aromatic heterocycles. The van der Waals surface area contributed by atoms with Crippen molar-refractivity contribution < 1.29 is 4.79 Å². The predicted octanol–water partition coefficient (Wildman–Crippen LogP) is 0.975. The monoisotopic (exact) mass is 241 g/mol. The third-order valence-corrected chi connectivity index (χ3v) is 2.85. The highest BCUT2D eigenvalue weighted by atomic mass is 16.2. The number of amides is 1. The highest BCUT2D eigenvalue weighted by molar-refractivity contribution is 5.78. The number of nitrogens with zero attached hydrogens (tertiary/aromatic N) is 1. The van der Waals surface area contributed by atoms with Crippen molar-refractivity contribution >= 4 is 5.91 Å². The molecular formula is C13H27N3O. The summed E-state index contributed by atoms with van der Waals surface area (Å²) in [6, 6.07) is 0.810. The first-order valence-electron chi connectivity index (χ1n) is 6.68. The van der Waals surface area contributed by atoms with Crippen LogP contribution in [-0.4, -0.2) is 48.6 Å². The Morgan fingerprint density at radius 1 is 1.35 bits per heavy atom. The summed E-state index contributed by atoms with van der Waals surface area (Å²) in [5.41, 5.74) is -0.137. The maximum absolute atomic E-state index is 11.5. The predicted molar refractivity (Wildman–Crippen MR) is 71.0 cm³/mol. The lowest BCUT2D eigenvalue weighted by Crippen LogP contribution is -2.45. The van der Waals surface area contributed by atoms with Crippen molar-refractivity contribution in [3.63, 3.8) is 0 Å². The van der Waals surface area contributed by atoms with Crippen LogP contribution in [0.25, 0.3) is 0 Å². The van der Waals surface area contributed by atoms with Gasteiger partial charge in [-0.2, -0.15) is 0 Å². The third-order valence-electron chi connectivity index (χ3n) is 2.85. The Bertz CT molecular complexity index is 244. The molecule has 17 heavy (non-hydrogen) atoms. The van der Waals surface area contributed by atoms with E-state index in [4.69, 9.17) is 0 Å². The first kappa shape index (κ1) is 14.5. The molecule has 0 bridgehead atoms. The van der Waals surface area contributed by atoms with Gasteiger partial charge in [0.1, 0.15) is 0 Å². The van der Waals surface area contributed by atoms with Gasteiger partial charge in [-0.3, -0.25) is 9.69 Å². The zero-order valence-electron chi connectivity index (χ0n) is 11.7. The Kier molecular flexibility index (Phi) is 5.40. The molecule has 1 aliphatic carbocycles. The average Bonchev–Trinajstić information content (AvgIpc) is 2.99. The van der Waals surface area contributed by atoms with E-state index in [1.54, 1.807) is 0 Å². The quantitative estimate of drug-likeness (QED) is 0.653. The van der Waals surface area contributed by atoms with Gasteiger partial charge in [-0.25, -0.2) is 0 Å². The lowest BCUT2D eigenvalue weighted by atomic mass is 10.1. The topological polar surface area (TPSA) is 44.4 Å². The summed E-state index contributed by atoms with van der Waals surface area (Å²) < 4.78 is 0. The molecule has 0 radical (unpaired) electrons. The van der Waals surface area contributed by atoms with Gasteiger partial charge in [-0.1, -0.05) is 6.92 Å². The molecule has 0 aromatic rings. The molecular weight excluding hydrogens is 214 g/mol. The van der Waals surface area contributed by atoms with Crippen LogP contribution in [0.5, 0.6) is 0 Å². The second kappa shape index (κ2) is 6.36. The smallest absolute Gasteiger partial charge is 0.234 e. The van der Waals surface area contributed by atoms with Crippen LogP contribution < -0.4 is 10.6 Å². The summed E-state index contributed by atoms with van der Waals surface area (Å²) in [5.74, 6) is 0.0759. The van der Waals surface area contributed by atoms with Gasteiger partial charge in [-0.05, 0) is 40.2 Å². The van der Waals surface area contributed by atoms with Crippen molar-refractivity contribution in [2.75, 3.05) is 26.2 Å². The molecule has 1 fully saturated rings. The lowest BCUT2D eigenvalue weighted by molar-refractivity contribution is -0.121. The van der Waals surface area contributed by atoms with Crippen LogP contribution in [0.2, 0.25) is 0 Å². The summed E-state index contributed by atoms with van der Waals surface area (Å²) in [7, 11) is 0. The second-order valence-electron chi connectivity index (χ2n) is 5.83. The molecule has 4 heteroatoms. The summed E-state index contributed by atoms with van der Waals surface area (Å²) in [6.07, 6.45) is 2.69. The van der Waals surface area contributed by atoms with Crippen LogP contribution in [0.15, 0.2) is 0 Å². The molecule has 0 heterocycles. The zero-order valence-corrected chi connectivity index (χ0v) is 11.7. The SMILES string of the molecule is CCN(CCNCC(=O)NC(C)(C)C)C1CC1. The van der Waals surface area contributed by atoms with E-state index in [9.17, 15) is 4.79 Å². The standard InChI is InChI=1S/C13H27N3O/c1-5-16(11-6-7-11)9-8-14-10-12(17)15-13(2,3)4/h11,14H,5-10H2,1-4H3,(H,15,17). The molecule has 2 N–H and O–H groups in total. The summed E-state index contributed by atoms with van der Waals surface area (Å²) in [4.78, 5) is 14.0. The van der Waals surface area contributed by atoms with Crippen LogP contribution in [-0.2, 0) is 4.79 Å². The minimum atomic E-state index is -0.137. The van der Waals surface area contributed by atoms with E-state index in [0.717, 1.165) is 25.7 Å². The molecule has 0 aromatic carbocycles. The van der Waals surface area contributed by atoms with Crippen molar-refractivity contribution in [1.82, 2.24) is 15.5 Å². The molecule has 4 nitrogen and oxygen atoms in total. The van der Waals surface area contributed by atoms with E-state index in [-0.39, 0.29) is 11.4 Å². The van der Waals surface area contributed by atoms with Gasteiger partial charge in [0.2, 0.25) is 5.91 Å². The third kappa shape index (κ3) is 6.64. The highest BCUT2D eigenvalue weighted by Crippen LogP contribution is 2.25. The number of carbonyl (C=O) groups is 1. The minimum Gasteiger partial charge on any atom is -0.350 e. The Hall–Kier alpha value is -0.610. The molecule has 0 atom stereocenters. The van der Waals surface area contributed by atoms with E-state index in [0.29, 0.717) is 6.54 Å². The average molecular weight is 241 g/mol. The van der Waals surface area contributed by atoms with E-state index in [2.05, 4.69) is 22.5 Å². The fourth-order valence-corrected chi connectivity index (χ4v) is 1.93. The van der Waals surface area contributed by atoms with Crippen LogP contribution in [0, 0.1) is 0 Å². The zero-order chi connectivity index (χ0) is 12.9. The van der Waals surface area contributed by atoms with Crippen molar-refractivity contribution in [3.8, 4) is 0 Å². The van der Waals surface area contributed by atoms with Crippen LogP contribution in [0.3, 0.4) is 0 Å². The molecule has 100 valence electrons. The van der Waals surface area contributed by atoms with Crippen molar-refractivity contribution in [2.24, 2.45) is 0 Å². The van der Waals surface area contributed by atoms with E-state index in [1.807, 2.05) is 20.8 Å². The number of carbonyl (C=O) groups excluding carboxylic acids is 1. The van der Waals surface area contributed by atoms with Crippen LogP contribution in [0.1, 0.15) is 40.5 Å². The number of likely N-dealkylation sites (N-methyl/N-ethyl adjacent to an activating group) is 1. The first-order chi connectivity index (χ1) is 7.92. The molecule has 1 aliphatic rings. The largest absolute Gasteiger partial charge is 0.350 e. The van der Waals surface area contributed by atoms with Crippen molar-refractivity contribution in [1.29, 1.82) is 0 Å². The number of hydrogen-bond acceptors (Lipinski definition) is 3. The number of rotatable bonds is 7. The second-order valence-corrected chi connectivity index (χ2v) is 5.83. The van der Waals surface area contributed by atoms with Gasteiger partial charge in [0.25, 0.3) is 0 Å². The Morgan fingerprint density at radius 3 is 2.47 bits per heavy atom. The highest BCUT2D eigenvalue weighted by Gasteiger charge is 2.27. The molecule has 1 amide bonds.